The fourth-order valence-corrected chi connectivity index (χ4v) is 0.775. The molecule has 5 nitrogen and oxygen atoms in total. The van der Waals surface area contributed by atoms with Crippen molar-refractivity contribution in [2.24, 2.45) is 5.73 Å². The highest BCUT2D eigenvalue weighted by Crippen LogP contribution is 2.05. The van der Waals surface area contributed by atoms with E-state index in [1.165, 1.54) is 0 Å². The second kappa shape index (κ2) is 4.04. The maximum atomic E-state index is 11.0. The zero-order chi connectivity index (χ0) is 9.78. The minimum Gasteiger partial charge on any atom is -0.317 e. The second-order valence-electron chi connectivity index (χ2n) is 2.96. The summed E-state index contributed by atoms with van der Waals surface area (Å²) in [6, 6.07) is 1.53. The molecule has 0 bridgehead atoms. The van der Waals surface area contributed by atoms with Gasteiger partial charge in [0.2, 0.25) is 0 Å². The molecular weight excluding hydrogens is 156 g/mol. The molecule has 0 saturated carbocycles. The number of nitrogens with zero attached hydrogens (tertiary/aromatic N) is 3. The highest BCUT2D eigenvalue weighted by molar-refractivity contribution is 5.63. The van der Waals surface area contributed by atoms with E-state index in [0.29, 0.717) is 13.0 Å². The number of primary amides is 1. The Kier molecular flexibility index (Phi) is 3.67. The van der Waals surface area contributed by atoms with Crippen LogP contribution < -0.4 is 5.73 Å². The molecule has 0 spiro atoms. The molecular formula is C7H15N4O+. The standard InChI is InChI=1S/C7H14N4O/c1-10(2)11(3,7(9)12)6-4-5-8/h4,6H2,1-3H3,(H-,9,12)/p+1. The average molecular weight is 171 g/mol. The monoisotopic (exact) mass is 171 g/mol. The van der Waals surface area contributed by atoms with Crippen molar-refractivity contribution in [1.29, 1.82) is 5.26 Å². The summed E-state index contributed by atoms with van der Waals surface area (Å²) < 4.78 is -0.0342. The van der Waals surface area contributed by atoms with Crippen LogP contribution in [0, 0.1) is 11.3 Å². The summed E-state index contributed by atoms with van der Waals surface area (Å²) in [7, 11) is 5.18. The van der Waals surface area contributed by atoms with E-state index < -0.39 is 6.03 Å². The third kappa shape index (κ3) is 2.19. The van der Waals surface area contributed by atoms with Crippen molar-refractivity contribution in [2.75, 3.05) is 27.7 Å². The number of amides is 2. The Hall–Kier alpha value is -1.12. The summed E-state index contributed by atoms with van der Waals surface area (Å²) >= 11 is 0. The highest BCUT2D eigenvalue weighted by atomic mass is 16.2. The normalized spacial score (nSPS) is 15.2. The lowest BCUT2D eigenvalue weighted by Crippen LogP contribution is -2.60. The summed E-state index contributed by atoms with van der Waals surface area (Å²) in [5.74, 6) is 0. The van der Waals surface area contributed by atoms with E-state index in [1.54, 1.807) is 26.2 Å². The van der Waals surface area contributed by atoms with Gasteiger partial charge in [-0.25, -0.2) is 4.79 Å². The molecule has 0 aliphatic rings. The van der Waals surface area contributed by atoms with Crippen LogP contribution in [0.15, 0.2) is 0 Å². The number of quaternary nitrogens is 1. The fourth-order valence-electron chi connectivity index (χ4n) is 0.775. The number of carbonyl (C=O) groups excluding carboxylic acids is 1. The predicted octanol–water partition coefficient (Wildman–Crippen LogP) is -0.0980. The molecule has 0 aliphatic heterocycles. The first-order valence-electron chi connectivity index (χ1n) is 3.65. The van der Waals surface area contributed by atoms with E-state index in [-0.39, 0.29) is 4.59 Å². The van der Waals surface area contributed by atoms with Gasteiger partial charge in [0, 0.05) is 14.1 Å². The van der Waals surface area contributed by atoms with E-state index in [4.69, 9.17) is 11.0 Å². The Balaban J connectivity index is 4.42. The van der Waals surface area contributed by atoms with Crippen LogP contribution in [0.3, 0.4) is 0 Å². The van der Waals surface area contributed by atoms with Crippen LogP contribution in [0.2, 0.25) is 0 Å². The lowest BCUT2D eigenvalue weighted by Gasteiger charge is -2.33. The minimum absolute atomic E-state index is 0.0342. The number of urea groups is 1. The van der Waals surface area contributed by atoms with Crippen molar-refractivity contribution in [2.45, 2.75) is 6.42 Å². The van der Waals surface area contributed by atoms with Crippen LogP contribution in [0.25, 0.3) is 0 Å². The van der Waals surface area contributed by atoms with Crippen molar-refractivity contribution < 1.29 is 9.39 Å². The molecule has 0 heterocycles. The van der Waals surface area contributed by atoms with Crippen molar-refractivity contribution in [3.05, 3.63) is 0 Å². The Labute approximate surface area is 72.5 Å². The number of carbonyl (C=O) groups is 1. The third-order valence-corrected chi connectivity index (χ3v) is 2.02. The minimum atomic E-state index is -0.449. The Bertz CT molecular complexity index is 208. The molecule has 0 saturated heterocycles. The summed E-state index contributed by atoms with van der Waals surface area (Å²) in [4.78, 5) is 11.0. The first-order valence-corrected chi connectivity index (χ1v) is 3.65. The molecule has 0 aromatic rings. The SMILES string of the molecule is CN(C)[N+](C)(CCC#N)C(N)=O. The number of nitriles is 1. The molecule has 1 atom stereocenters. The summed E-state index contributed by atoms with van der Waals surface area (Å²) in [5.41, 5.74) is 5.19. The maximum absolute atomic E-state index is 11.0. The van der Waals surface area contributed by atoms with E-state index >= 15 is 0 Å². The van der Waals surface area contributed by atoms with Gasteiger partial charge in [0.15, 0.2) is 0 Å². The van der Waals surface area contributed by atoms with Gasteiger partial charge in [-0.05, 0) is 0 Å². The summed E-state index contributed by atoms with van der Waals surface area (Å²) in [6.07, 6.45) is 0.317. The predicted molar refractivity (Wildman–Crippen MR) is 44.6 cm³/mol. The molecule has 2 amide bonds. The van der Waals surface area contributed by atoms with Crippen LogP contribution in [0.1, 0.15) is 6.42 Å². The molecule has 12 heavy (non-hydrogen) atoms. The molecule has 1 unspecified atom stereocenters. The smallest absolute Gasteiger partial charge is 0.317 e. The lowest BCUT2D eigenvalue weighted by atomic mass is 10.4. The van der Waals surface area contributed by atoms with Crippen molar-refractivity contribution in [1.82, 2.24) is 5.01 Å². The molecule has 2 N–H and O–H groups in total. The Morgan fingerprint density at radius 2 is 2.17 bits per heavy atom. The molecule has 0 radical (unpaired) electrons. The zero-order valence-electron chi connectivity index (χ0n) is 7.74. The molecule has 0 rings (SSSR count). The van der Waals surface area contributed by atoms with Gasteiger partial charge in [0.1, 0.15) is 6.54 Å². The number of rotatable bonds is 3. The van der Waals surface area contributed by atoms with Gasteiger partial charge >= 0.3 is 6.03 Å². The van der Waals surface area contributed by atoms with Crippen molar-refractivity contribution in [3.63, 3.8) is 0 Å². The Morgan fingerprint density at radius 3 is 2.42 bits per heavy atom. The lowest BCUT2D eigenvalue weighted by molar-refractivity contribution is -0.941. The molecule has 68 valence electrons. The molecule has 0 aromatic carbocycles. The second-order valence-corrected chi connectivity index (χ2v) is 2.96. The molecule has 5 heteroatoms. The van der Waals surface area contributed by atoms with Crippen LogP contribution in [-0.4, -0.2) is 43.3 Å². The Morgan fingerprint density at radius 1 is 1.67 bits per heavy atom. The largest absolute Gasteiger partial charge is 0.433 e. The van der Waals surface area contributed by atoms with Gasteiger partial charge in [-0.15, -0.1) is 0 Å². The highest BCUT2D eigenvalue weighted by Gasteiger charge is 2.31. The van der Waals surface area contributed by atoms with Gasteiger partial charge in [-0.2, -0.15) is 14.9 Å². The zero-order valence-corrected chi connectivity index (χ0v) is 7.74. The van der Waals surface area contributed by atoms with Gasteiger partial charge in [-0.1, -0.05) is 0 Å². The van der Waals surface area contributed by atoms with E-state index in [0.717, 1.165) is 0 Å². The van der Waals surface area contributed by atoms with Crippen LogP contribution >= 0.6 is 0 Å². The van der Waals surface area contributed by atoms with Gasteiger partial charge < -0.3 is 5.73 Å². The summed E-state index contributed by atoms with van der Waals surface area (Å²) in [5, 5.41) is 10.0. The van der Waals surface area contributed by atoms with Crippen molar-refractivity contribution in [3.8, 4) is 6.07 Å². The van der Waals surface area contributed by atoms with Gasteiger partial charge in [0.05, 0.1) is 19.5 Å². The first kappa shape index (κ1) is 10.9. The first-order chi connectivity index (χ1) is 5.45. The van der Waals surface area contributed by atoms with Gasteiger partial charge in [-0.3, -0.25) is 0 Å². The molecule has 0 aromatic heterocycles. The van der Waals surface area contributed by atoms with E-state index in [1.807, 2.05) is 6.07 Å². The quantitative estimate of drug-likeness (QED) is 0.476. The van der Waals surface area contributed by atoms with Crippen LogP contribution in [0.4, 0.5) is 4.79 Å². The molecule has 0 fully saturated rings. The average Bonchev–Trinajstić information content (AvgIpc) is 1.99. The van der Waals surface area contributed by atoms with E-state index in [9.17, 15) is 4.79 Å². The number of nitrogens with two attached hydrogens (primary N) is 1. The molecule has 0 aliphatic carbocycles. The topological polar surface area (TPSA) is 70.1 Å². The fraction of sp³-hybridized carbons (Fsp3) is 0.714. The van der Waals surface area contributed by atoms with Crippen molar-refractivity contribution >= 4 is 6.03 Å². The number of hydrogen-bond acceptors (Lipinski definition) is 3. The summed E-state index contributed by atoms with van der Waals surface area (Å²) in [6.45, 7) is 0.416. The third-order valence-electron chi connectivity index (χ3n) is 2.02. The van der Waals surface area contributed by atoms with Gasteiger partial charge in [0.25, 0.3) is 0 Å². The number of hydrogen-bond donors (Lipinski definition) is 1. The van der Waals surface area contributed by atoms with Crippen LogP contribution in [-0.2, 0) is 0 Å². The maximum Gasteiger partial charge on any atom is 0.433 e. The van der Waals surface area contributed by atoms with Crippen LogP contribution in [0.5, 0.6) is 0 Å². The van der Waals surface area contributed by atoms with E-state index in [2.05, 4.69) is 0 Å².